The fraction of sp³-hybridized carbons (Fsp3) is 0.625. The molecule has 0 bridgehead atoms. The molecular formula is C8H10F3N5S. The predicted octanol–water partition coefficient (Wildman–Crippen LogP) is 1.66. The second-order valence-corrected chi connectivity index (χ2v) is 4.95. The zero-order valence-corrected chi connectivity index (χ0v) is 10.1. The maximum atomic E-state index is 12.6. The maximum Gasteiger partial charge on any atom is 0.453 e. The Morgan fingerprint density at radius 2 is 1.88 bits per heavy atom. The second kappa shape index (κ2) is 3.64. The normalized spacial score (nSPS) is 13.5. The standard InChI is InChI=1S/C8H10F3N5S/c1-7(2,12-3)5-15-16-4(8(9,10)11)13-14-6(16)17-5/h12H,1-3H3. The van der Waals surface area contributed by atoms with Gasteiger partial charge in [-0.1, -0.05) is 11.3 Å². The lowest BCUT2D eigenvalue weighted by Gasteiger charge is -2.19. The molecule has 0 spiro atoms. The quantitative estimate of drug-likeness (QED) is 0.897. The molecule has 2 aromatic rings. The van der Waals surface area contributed by atoms with Gasteiger partial charge in [-0.2, -0.15) is 22.8 Å². The zero-order valence-electron chi connectivity index (χ0n) is 9.33. The third-order valence-corrected chi connectivity index (χ3v) is 3.63. The number of alkyl halides is 3. The number of hydrogen-bond donors (Lipinski definition) is 1. The molecule has 0 saturated carbocycles. The first-order valence-electron chi connectivity index (χ1n) is 4.74. The van der Waals surface area contributed by atoms with E-state index in [9.17, 15) is 13.2 Å². The average Bonchev–Trinajstić information content (AvgIpc) is 2.73. The van der Waals surface area contributed by atoms with Crippen molar-refractivity contribution in [3.05, 3.63) is 10.8 Å². The van der Waals surface area contributed by atoms with Crippen LogP contribution in [-0.2, 0) is 11.7 Å². The smallest absolute Gasteiger partial charge is 0.309 e. The van der Waals surface area contributed by atoms with Gasteiger partial charge in [-0.3, -0.25) is 0 Å². The van der Waals surface area contributed by atoms with Crippen LogP contribution in [0.3, 0.4) is 0 Å². The molecule has 0 aromatic carbocycles. The molecule has 0 amide bonds. The van der Waals surface area contributed by atoms with Crippen molar-refractivity contribution in [3.63, 3.8) is 0 Å². The van der Waals surface area contributed by atoms with E-state index in [0.717, 1.165) is 15.9 Å². The minimum absolute atomic E-state index is 0.135. The Hall–Kier alpha value is -1.22. The van der Waals surface area contributed by atoms with Gasteiger partial charge in [0.25, 0.3) is 5.82 Å². The Morgan fingerprint density at radius 3 is 2.41 bits per heavy atom. The lowest BCUT2D eigenvalue weighted by atomic mass is 10.1. The SMILES string of the molecule is CNC(C)(C)c1nn2c(C(F)(F)F)nnc2s1. The average molecular weight is 265 g/mol. The second-order valence-electron chi connectivity index (χ2n) is 4.00. The van der Waals surface area contributed by atoms with Crippen LogP contribution in [0.25, 0.3) is 4.96 Å². The van der Waals surface area contributed by atoms with Crippen molar-refractivity contribution in [1.29, 1.82) is 0 Å². The first kappa shape index (κ1) is 12.2. The molecule has 2 rings (SSSR count). The monoisotopic (exact) mass is 265 g/mol. The molecule has 0 aliphatic carbocycles. The van der Waals surface area contributed by atoms with Crippen LogP contribution in [0.15, 0.2) is 0 Å². The number of fused-ring (bicyclic) bond motifs is 1. The minimum Gasteiger partial charge on any atom is -0.309 e. The van der Waals surface area contributed by atoms with E-state index in [1.54, 1.807) is 7.05 Å². The van der Waals surface area contributed by atoms with Crippen molar-refractivity contribution in [1.82, 2.24) is 25.1 Å². The molecule has 0 fully saturated rings. The van der Waals surface area contributed by atoms with E-state index in [0.29, 0.717) is 5.01 Å². The van der Waals surface area contributed by atoms with Gasteiger partial charge in [0.2, 0.25) is 4.96 Å². The fourth-order valence-electron chi connectivity index (χ4n) is 1.15. The van der Waals surface area contributed by atoms with Gasteiger partial charge < -0.3 is 5.32 Å². The highest BCUT2D eigenvalue weighted by atomic mass is 32.1. The molecule has 1 N–H and O–H groups in total. The zero-order chi connectivity index (χ0) is 12.8. The van der Waals surface area contributed by atoms with Gasteiger partial charge >= 0.3 is 6.18 Å². The third-order valence-electron chi connectivity index (χ3n) is 2.40. The van der Waals surface area contributed by atoms with Crippen molar-refractivity contribution < 1.29 is 13.2 Å². The van der Waals surface area contributed by atoms with Crippen LogP contribution >= 0.6 is 11.3 Å². The summed E-state index contributed by atoms with van der Waals surface area (Å²) in [5.74, 6) is -1.10. The van der Waals surface area contributed by atoms with Crippen LogP contribution in [0.4, 0.5) is 13.2 Å². The maximum absolute atomic E-state index is 12.6. The summed E-state index contributed by atoms with van der Waals surface area (Å²) < 4.78 is 38.4. The van der Waals surface area contributed by atoms with E-state index in [2.05, 4.69) is 20.6 Å². The molecule has 0 saturated heterocycles. The number of aromatic nitrogens is 4. The van der Waals surface area contributed by atoms with Crippen molar-refractivity contribution in [3.8, 4) is 0 Å². The summed E-state index contributed by atoms with van der Waals surface area (Å²) in [6, 6.07) is 0. The van der Waals surface area contributed by atoms with Gasteiger partial charge in [-0.05, 0) is 20.9 Å². The summed E-state index contributed by atoms with van der Waals surface area (Å²) >= 11 is 1.08. The molecule has 5 nitrogen and oxygen atoms in total. The van der Waals surface area contributed by atoms with E-state index >= 15 is 0 Å². The number of halogens is 3. The molecule has 17 heavy (non-hydrogen) atoms. The Kier molecular flexibility index (Phi) is 2.62. The number of nitrogens with zero attached hydrogens (tertiary/aromatic N) is 4. The highest BCUT2D eigenvalue weighted by Gasteiger charge is 2.39. The van der Waals surface area contributed by atoms with E-state index in [1.165, 1.54) is 0 Å². The highest BCUT2D eigenvalue weighted by Crippen LogP contribution is 2.31. The Labute approximate surface area is 98.7 Å². The molecule has 9 heteroatoms. The number of rotatable bonds is 2. The molecule has 0 aliphatic heterocycles. The van der Waals surface area contributed by atoms with Gasteiger partial charge in [-0.15, -0.1) is 10.2 Å². The Balaban J connectivity index is 2.57. The molecular weight excluding hydrogens is 255 g/mol. The van der Waals surface area contributed by atoms with Gasteiger partial charge in [0.1, 0.15) is 5.01 Å². The van der Waals surface area contributed by atoms with Crippen LogP contribution in [-0.4, -0.2) is 26.9 Å². The summed E-state index contributed by atoms with van der Waals surface area (Å²) in [6.07, 6.45) is -4.55. The third kappa shape index (κ3) is 2.00. The Bertz CT molecular complexity index is 541. The van der Waals surface area contributed by atoms with Crippen molar-refractivity contribution in [2.45, 2.75) is 25.6 Å². The van der Waals surface area contributed by atoms with Crippen LogP contribution in [0, 0.1) is 0 Å². The first-order chi connectivity index (χ1) is 7.75. The summed E-state index contributed by atoms with van der Waals surface area (Å²) in [6.45, 7) is 3.65. The molecule has 0 aliphatic rings. The van der Waals surface area contributed by atoms with Gasteiger partial charge in [-0.25, -0.2) is 0 Å². The summed E-state index contributed by atoms with van der Waals surface area (Å²) in [5, 5.41) is 14.0. The molecule has 94 valence electrons. The number of nitrogens with one attached hydrogen (secondary N) is 1. The lowest BCUT2D eigenvalue weighted by molar-refractivity contribution is -0.146. The summed E-state index contributed by atoms with van der Waals surface area (Å²) in [7, 11) is 1.72. The summed E-state index contributed by atoms with van der Waals surface area (Å²) in [5.41, 5.74) is -0.506. The van der Waals surface area contributed by atoms with Crippen LogP contribution in [0.5, 0.6) is 0 Å². The fourth-order valence-corrected chi connectivity index (χ4v) is 2.10. The topological polar surface area (TPSA) is 55.1 Å². The molecule has 0 unspecified atom stereocenters. The molecule has 2 heterocycles. The minimum atomic E-state index is -4.55. The summed E-state index contributed by atoms with van der Waals surface area (Å²) in [4.78, 5) is 0.135. The van der Waals surface area contributed by atoms with Crippen molar-refractivity contribution in [2.75, 3.05) is 7.05 Å². The van der Waals surface area contributed by atoms with E-state index in [-0.39, 0.29) is 4.96 Å². The van der Waals surface area contributed by atoms with Crippen LogP contribution < -0.4 is 5.32 Å². The van der Waals surface area contributed by atoms with Gasteiger partial charge in [0.05, 0.1) is 5.54 Å². The van der Waals surface area contributed by atoms with Crippen molar-refractivity contribution >= 4 is 16.3 Å². The largest absolute Gasteiger partial charge is 0.453 e. The Morgan fingerprint density at radius 1 is 1.24 bits per heavy atom. The predicted molar refractivity (Wildman–Crippen MR) is 55.7 cm³/mol. The lowest BCUT2D eigenvalue weighted by Crippen LogP contribution is -2.33. The molecule has 0 radical (unpaired) electrons. The highest BCUT2D eigenvalue weighted by molar-refractivity contribution is 7.16. The van der Waals surface area contributed by atoms with Gasteiger partial charge in [0.15, 0.2) is 0 Å². The van der Waals surface area contributed by atoms with E-state index in [1.807, 2.05) is 13.8 Å². The van der Waals surface area contributed by atoms with Crippen LogP contribution in [0.2, 0.25) is 0 Å². The molecule has 0 atom stereocenters. The van der Waals surface area contributed by atoms with Crippen LogP contribution in [0.1, 0.15) is 24.7 Å². The van der Waals surface area contributed by atoms with Gasteiger partial charge in [0, 0.05) is 0 Å². The van der Waals surface area contributed by atoms with E-state index in [4.69, 9.17) is 0 Å². The van der Waals surface area contributed by atoms with E-state index < -0.39 is 17.5 Å². The number of hydrogen-bond acceptors (Lipinski definition) is 5. The van der Waals surface area contributed by atoms with Crippen molar-refractivity contribution in [2.24, 2.45) is 0 Å². The first-order valence-corrected chi connectivity index (χ1v) is 5.56. The molecule has 2 aromatic heterocycles.